The summed E-state index contributed by atoms with van der Waals surface area (Å²) in [6, 6.07) is 0.349. The molecule has 0 saturated heterocycles. The van der Waals surface area contributed by atoms with Crippen LogP contribution in [0.15, 0.2) is 0 Å². The van der Waals surface area contributed by atoms with Gasteiger partial charge in [-0.2, -0.15) is 0 Å². The van der Waals surface area contributed by atoms with Crippen LogP contribution >= 0.6 is 0 Å². The highest BCUT2D eigenvalue weighted by atomic mass is 16.2. The van der Waals surface area contributed by atoms with Crippen LogP contribution in [-0.4, -0.2) is 11.9 Å². The summed E-state index contributed by atoms with van der Waals surface area (Å²) >= 11 is 0. The van der Waals surface area contributed by atoms with E-state index in [9.17, 15) is 4.79 Å². The van der Waals surface area contributed by atoms with Gasteiger partial charge < -0.3 is 5.32 Å². The molecule has 1 N–H and O–H groups in total. The number of amides is 1. The van der Waals surface area contributed by atoms with Crippen LogP contribution < -0.4 is 5.32 Å². The van der Waals surface area contributed by atoms with Crippen molar-refractivity contribution in [2.75, 3.05) is 0 Å². The molecule has 80 valence electrons. The first kappa shape index (κ1) is 10.0. The normalized spacial score (nSPS) is 37.1. The van der Waals surface area contributed by atoms with Crippen LogP contribution in [0.3, 0.4) is 0 Å². The Bertz CT molecular complexity index is 226. The van der Waals surface area contributed by atoms with E-state index >= 15 is 0 Å². The quantitative estimate of drug-likeness (QED) is 0.735. The van der Waals surface area contributed by atoms with Gasteiger partial charge in [0.2, 0.25) is 5.91 Å². The second kappa shape index (κ2) is 3.92. The topological polar surface area (TPSA) is 29.1 Å². The first-order valence-corrected chi connectivity index (χ1v) is 6.01. The van der Waals surface area contributed by atoms with Gasteiger partial charge in [-0.1, -0.05) is 13.3 Å². The van der Waals surface area contributed by atoms with Gasteiger partial charge in [-0.15, -0.1) is 0 Å². The zero-order valence-electron chi connectivity index (χ0n) is 9.25. The predicted octanol–water partition coefficient (Wildman–Crippen LogP) is 2.34. The van der Waals surface area contributed by atoms with E-state index in [0.717, 1.165) is 18.8 Å². The number of carbonyl (C=O) groups is 1. The van der Waals surface area contributed by atoms with E-state index in [1.54, 1.807) is 0 Å². The molecule has 0 radical (unpaired) electrons. The predicted molar refractivity (Wildman–Crippen MR) is 56.8 cm³/mol. The van der Waals surface area contributed by atoms with Crippen LogP contribution in [0.5, 0.6) is 0 Å². The van der Waals surface area contributed by atoms with Gasteiger partial charge in [0, 0.05) is 12.0 Å². The van der Waals surface area contributed by atoms with Crippen LogP contribution in [0.2, 0.25) is 0 Å². The Morgan fingerprint density at radius 2 is 2.21 bits per heavy atom. The van der Waals surface area contributed by atoms with Gasteiger partial charge in [0.15, 0.2) is 0 Å². The Morgan fingerprint density at radius 3 is 2.71 bits per heavy atom. The maximum Gasteiger partial charge on any atom is 0.223 e. The van der Waals surface area contributed by atoms with E-state index in [-0.39, 0.29) is 0 Å². The first-order chi connectivity index (χ1) is 6.70. The van der Waals surface area contributed by atoms with Crippen molar-refractivity contribution >= 4 is 5.91 Å². The average molecular weight is 195 g/mol. The van der Waals surface area contributed by atoms with Gasteiger partial charge in [0.1, 0.15) is 0 Å². The first-order valence-electron chi connectivity index (χ1n) is 6.01. The molecule has 2 fully saturated rings. The Balaban J connectivity index is 1.87. The Labute approximate surface area is 86.5 Å². The van der Waals surface area contributed by atoms with Crippen molar-refractivity contribution in [3.63, 3.8) is 0 Å². The highest BCUT2D eigenvalue weighted by Gasteiger charge is 2.43. The molecule has 2 rings (SSSR count). The maximum absolute atomic E-state index is 11.9. The molecule has 0 heterocycles. The van der Waals surface area contributed by atoms with E-state index in [2.05, 4.69) is 19.2 Å². The third kappa shape index (κ3) is 1.79. The summed E-state index contributed by atoms with van der Waals surface area (Å²) in [5.74, 6) is 2.26. The molecule has 0 aromatic carbocycles. The molecule has 2 aliphatic rings. The minimum Gasteiger partial charge on any atom is -0.353 e. The van der Waals surface area contributed by atoms with Gasteiger partial charge in [-0.25, -0.2) is 0 Å². The van der Waals surface area contributed by atoms with Crippen LogP contribution in [0.1, 0.15) is 46.0 Å². The molecule has 2 heteroatoms. The Morgan fingerprint density at radius 1 is 1.43 bits per heavy atom. The van der Waals surface area contributed by atoms with Crippen molar-refractivity contribution in [2.24, 2.45) is 17.8 Å². The molecule has 0 aliphatic heterocycles. The molecule has 14 heavy (non-hydrogen) atoms. The number of hydrogen-bond acceptors (Lipinski definition) is 1. The molecular formula is C12H21NO. The monoisotopic (exact) mass is 195 g/mol. The molecule has 4 atom stereocenters. The summed E-state index contributed by atoms with van der Waals surface area (Å²) in [7, 11) is 0. The molecule has 2 bridgehead atoms. The zero-order valence-corrected chi connectivity index (χ0v) is 9.25. The van der Waals surface area contributed by atoms with Gasteiger partial charge in [0.05, 0.1) is 0 Å². The van der Waals surface area contributed by atoms with Crippen LogP contribution in [-0.2, 0) is 4.79 Å². The average Bonchev–Trinajstić information content (AvgIpc) is 2.78. The van der Waals surface area contributed by atoms with Crippen molar-refractivity contribution in [3.05, 3.63) is 0 Å². The second-order valence-corrected chi connectivity index (χ2v) is 5.10. The SMILES string of the molecule is CC[C@H](C)NC(=O)[C@@H]1C[C@@H]2CC[C@@H]1C2. The standard InChI is InChI=1S/C12H21NO/c1-3-8(2)13-12(14)11-7-9-4-5-10(11)6-9/h8-11H,3-7H2,1-2H3,(H,13,14)/t8-,9+,10+,11+/m0/s1. The number of hydrogen-bond donors (Lipinski definition) is 1. The minimum atomic E-state index is 0.326. The molecule has 2 aliphatic carbocycles. The van der Waals surface area contributed by atoms with E-state index in [0.29, 0.717) is 23.8 Å². The van der Waals surface area contributed by atoms with Crippen molar-refractivity contribution in [2.45, 2.75) is 52.0 Å². The summed E-state index contributed by atoms with van der Waals surface area (Å²) in [6.45, 7) is 4.21. The molecule has 0 unspecified atom stereocenters. The minimum absolute atomic E-state index is 0.326. The summed E-state index contributed by atoms with van der Waals surface area (Å²) in [5.41, 5.74) is 0. The fourth-order valence-corrected chi connectivity index (χ4v) is 3.02. The Kier molecular flexibility index (Phi) is 2.80. The van der Waals surface area contributed by atoms with E-state index in [1.165, 1.54) is 19.3 Å². The number of nitrogens with one attached hydrogen (secondary N) is 1. The molecule has 0 aromatic heterocycles. The van der Waals surface area contributed by atoms with Gasteiger partial charge in [0.25, 0.3) is 0 Å². The summed E-state index contributed by atoms with van der Waals surface area (Å²) < 4.78 is 0. The van der Waals surface area contributed by atoms with Crippen LogP contribution in [0.4, 0.5) is 0 Å². The largest absolute Gasteiger partial charge is 0.353 e. The van der Waals surface area contributed by atoms with Crippen LogP contribution in [0, 0.1) is 17.8 Å². The van der Waals surface area contributed by atoms with Gasteiger partial charge in [-0.05, 0) is 44.4 Å². The molecule has 0 spiro atoms. The van der Waals surface area contributed by atoms with Crippen molar-refractivity contribution in [1.82, 2.24) is 5.32 Å². The number of carbonyl (C=O) groups excluding carboxylic acids is 1. The zero-order chi connectivity index (χ0) is 10.1. The maximum atomic E-state index is 11.9. The highest BCUT2D eigenvalue weighted by Crippen LogP contribution is 2.48. The fraction of sp³-hybridized carbons (Fsp3) is 0.917. The highest BCUT2D eigenvalue weighted by molar-refractivity contribution is 5.79. The summed E-state index contributed by atoms with van der Waals surface area (Å²) in [6.07, 6.45) is 6.18. The lowest BCUT2D eigenvalue weighted by molar-refractivity contribution is -0.127. The third-order valence-electron chi connectivity index (χ3n) is 4.08. The van der Waals surface area contributed by atoms with E-state index < -0.39 is 0 Å². The lowest BCUT2D eigenvalue weighted by Gasteiger charge is -2.22. The van der Waals surface area contributed by atoms with Crippen molar-refractivity contribution in [1.29, 1.82) is 0 Å². The smallest absolute Gasteiger partial charge is 0.223 e. The van der Waals surface area contributed by atoms with Crippen molar-refractivity contribution < 1.29 is 4.79 Å². The second-order valence-electron chi connectivity index (χ2n) is 5.10. The molecular weight excluding hydrogens is 174 g/mol. The lowest BCUT2D eigenvalue weighted by atomic mass is 9.88. The third-order valence-corrected chi connectivity index (χ3v) is 4.08. The fourth-order valence-electron chi connectivity index (χ4n) is 3.02. The molecule has 2 nitrogen and oxygen atoms in total. The summed E-state index contributed by atoms with van der Waals surface area (Å²) in [5, 5.41) is 3.12. The van der Waals surface area contributed by atoms with Crippen molar-refractivity contribution in [3.8, 4) is 0 Å². The van der Waals surface area contributed by atoms with E-state index in [1.807, 2.05) is 0 Å². The number of rotatable bonds is 3. The Hall–Kier alpha value is -0.530. The summed E-state index contributed by atoms with van der Waals surface area (Å²) in [4.78, 5) is 11.9. The van der Waals surface area contributed by atoms with Gasteiger partial charge >= 0.3 is 0 Å². The molecule has 1 amide bonds. The van der Waals surface area contributed by atoms with E-state index in [4.69, 9.17) is 0 Å². The number of fused-ring (bicyclic) bond motifs is 2. The molecule has 0 aromatic rings. The van der Waals surface area contributed by atoms with Gasteiger partial charge in [-0.3, -0.25) is 4.79 Å². The molecule has 2 saturated carbocycles. The lowest BCUT2D eigenvalue weighted by Crippen LogP contribution is -2.38. The van der Waals surface area contributed by atoms with Crippen LogP contribution in [0.25, 0.3) is 0 Å².